The molecule has 1 heterocycles. The minimum absolute atomic E-state index is 0.382. The Bertz CT molecular complexity index is 1070. The molecule has 3 rings (SSSR count). The minimum Gasteiger partial charge on any atom is -0.496 e. The highest BCUT2D eigenvalue weighted by Crippen LogP contribution is 2.33. The van der Waals surface area contributed by atoms with Gasteiger partial charge in [-0.2, -0.15) is 14.9 Å². The van der Waals surface area contributed by atoms with Crippen LogP contribution in [0.2, 0.25) is 0 Å². The molecular formula is C20H23N5O3S. The van der Waals surface area contributed by atoms with Crippen LogP contribution in [0.4, 0.5) is 5.69 Å². The Morgan fingerprint density at radius 1 is 1.00 bits per heavy atom. The molecule has 0 amide bonds. The van der Waals surface area contributed by atoms with E-state index >= 15 is 0 Å². The SMILES string of the molecule is COc1cc(OC)c(OC)cc1C=Nn1c(-c2ccc(N(C)C)cc2)n[nH]c1=S. The van der Waals surface area contributed by atoms with Crippen molar-refractivity contribution in [3.63, 3.8) is 0 Å². The van der Waals surface area contributed by atoms with E-state index in [4.69, 9.17) is 26.4 Å². The van der Waals surface area contributed by atoms with Crippen molar-refractivity contribution < 1.29 is 14.2 Å². The van der Waals surface area contributed by atoms with Gasteiger partial charge in [0, 0.05) is 37.0 Å². The average molecular weight is 414 g/mol. The second kappa shape index (κ2) is 8.78. The van der Waals surface area contributed by atoms with Crippen LogP contribution in [0.3, 0.4) is 0 Å². The van der Waals surface area contributed by atoms with Crippen LogP contribution in [0.25, 0.3) is 11.4 Å². The van der Waals surface area contributed by atoms with Gasteiger partial charge < -0.3 is 19.1 Å². The number of benzene rings is 2. The Balaban J connectivity index is 2.00. The summed E-state index contributed by atoms with van der Waals surface area (Å²) in [6, 6.07) is 11.5. The molecule has 0 aliphatic rings. The van der Waals surface area contributed by atoms with E-state index in [1.807, 2.05) is 43.3 Å². The Morgan fingerprint density at radius 2 is 1.62 bits per heavy atom. The summed E-state index contributed by atoms with van der Waals surface area (Å²) in [7, 11) is 8.72. The molecule has 1 N–H and O–H groups in total. The third-order valence-corrected chi connectivity index (χ3v) is 4.60. The molecular weight excluding hydrogens is 390 g/mol. The van der Waals surface area contributed by atoms with Crippen LogP contribution < -0.4 is 19.1 Å². The molecule has 152 valence electrons. The van der Waals surface area contributed by atoms with Crippen molar-refractivity contribution in [2.75, 3.05) is 40.3 Å². The van der Waals surface area contributed by atoms with Crippen molar-refractivity contribution in [3.05, 3.63) is 46.7 Å². The van der Waals surface area contributed by atoms with E-state index in [9.17, 15) is 0 Å². The molecule has 0 atom stereocenters. The average Bonchev–Trinajstić information content (AvgIpc) is 3.11. The van der Waals surface area contributed by atoms with E-state index in [1.165, 1.54) is 0 Å². The molecule has 0 unspecified atom stereocenters. The van der Waals surface area contributed by atoms with Gasteiger partial charge in [0.1, 0.15) is 5.75 Å². The van der Waals surface area contributed by atoms with Gasteiger partial charge in [0.25, 0.3) is 0 Å². The first-order valence-corrected chi connectivity index (χ1v) is 9.18. The fourth-order valence-electron chi connectivity index (χ4n) is 2.77. The van der Waals surface area contributed by atoms with E-state index in [2.05, 4.69) is 15.3 Å². The van der Waals surface area contributed by atoms with Crippen LogP contribution in [-0.2, 0) is 0 Å². The van der Waals surface area contributed by atoms with Gasteiger partial charge in [-0.05, 0) is 42.5 Å². The topological polar surface area (TPSA) is 76.9 Å². The fourth-order valence-corrected chi connectivity index (χ4v) is 2.95. The number of H-pyrrole nitrogens is 1. The highest BCUT2D eigenvalue weighted by molar-refractivity contribution is 7.71. The maximum absolute atomic E-state index is 5.45. The number of hydrogen-bond donors (Lipinski definition) is 1. The lowest BCUT2D eigenvalue weighted by Gasteiger charge is -2.12. The van der Waals surface area contributed by atoms with Crippen molar-refractivity contribution in [2.45, 2.75) is 0 Å². The quantitative estimate of drug-likeness (QED) is 0.471. The van der Waals surface area contributed by atoms with Gasteiger partial charge in [-0.15, -0.1) is 0 Å². The van der Waals surface area contributed by atoms with Crippen LogP contribution in [0.5, 0.6) is 17.2 Å². The van der Waals surface area contributed by atoms with Gasteiger partial charge >= 0.3 is 0 Å². The first-order chi connectivity index (χ1) is 14.0. The molecule has 0 spiro atoms. The van der Waals surface area contributed by atoms with E-state index in [-0.39, 0.29) is 0 Å². The van der Waals surface area contributed by atoms with E-state index in [0.29, 0.717) is 33.4 Å². The summed E-state index contributed by atoms with van der Waals surface area (Å²) in [5.41, 5.74) is 2.69. The van der Waals surface area contributed by atoms with Crippen LogP contribution in [0.15, 0.2) is 41.5 Å². The minimum atomic E-state index is 0.382. The first kappa shape index (κ1) is 20.4. The summed E-state index contributed by atoms with van der Waals surface area (Å²) in [5.74, 6) is 2.35. The van der Waals surface area contributed by atoms with Crippen molar-refractivity contribution in [3.8, 4) is 28.6 Å². The fraction of sp³-hybridized carbons (Fsp3) is 0.250. The van der Waals surface area contributed by atoms with Crippen LogP contribution in [0.1, 0.15) is 5.56 Å². The van der Waals surface area contributed by atoms with E-state index in [0.717, 1.165) is 11.3 Å². The highest BCUT2D eigenvalue weighted by Gasteiger charge is 2.12. The smallest absolute Gasteiger partial charge is 0.216 e. The zero-order chi connectivity index (χ0) is 21.0. The molecule has 8 nitrogen and oxygen atoms in total. The number of anilines is 1. The van der Waals surface area contributed by atoms with Crippen molar-refractivity contribution in [1.29, 1.82) is 0 Å². The summed E-state index contributed by atoms with van der Waals surface area (Å²) in [5, 5.41) is 11.6. The molecule has 0 aliphatic heterocycles. The molecule has 1 aromatic heterocycles. The predicted octanol–water partition coefficient (Wildman–Crippen LogP) is 3.58. The Hall–Kier alpha value is -3.33. The number of aromatic nitrogens is 3. The summed E-state index contributed by atoms with van der Waals surface area (Å²) >= 11 is 5.35. The second-order valence-electron chi connectivity index (χ2n) is 6.30. The number of hydrogen-bond acceptors (Lipinski definition) is 7. The number of nitrogens with one attached hydrogen (secondary N) is 1. The normalized spacial score (nSPS) is 10.9. The number of methoxy groups -OCH3 is 3. The standard InChI is InChI=1S/C20H23N5O3S/c1-24(2)15-8-6-13(7-9-15)19-22-23-20(29)25(19)21-12-14-10-17(27-4)18(28-5)11-16(14)26-3/h6-12H,1-5H3,(H,23,29). The molecule has 2 aromatic carbocycles. The molecule has 0 saturated heterocycles. The molecule has 0 radical (unpaired) electrons. The molecule has 9 heteroatoms. The van der Waals surface area contributed by atoms with Gasteiger partial charge in [0.2, 0.25) is 4.77 Å². The molecule has 0 fully saturated rings. The second-order valence-corrected chi connectivity index (χ2v) is 6.69. The molecule has 0 bridgehead atoms. The molecule has 3 aromatic rings. The van der Waals surface area contributed by atoms with E-state index in [1.54, 1.807) is 44.4 Å². The maximum atomic E-state index is 5.45. The predicted molar refractivity (Wildman–Crippen MR) is 116 cm³/mol. The number of rotatable bonds is 7. The Morgan fingerprint density at radius 3 is 2.21 bits per heavy atom. The zero-order valence-corrected chi connectivity index (χ0v) is 17.8. The van der Waals surface area contributed by atoms with Crippen LogP contribution >= 0.6 is 12.2 Å². The highest BCUT2D eigenvalue weighted by atomic mass is 32.1. The lowest BCUT2D eigenvalue weighted by Crippen LogP contribution is -2.08. The lowest BCUT2D eigenvalue weighted by atomic mass is 10.2. The monoisotopic (exact) mass is 413 g/mol. The van der Waals surface area contributed by atoms with Crippen molar-refractivity contribution in [1.82, 2.24) is 14.9 Å². The van der Waals surface area contributed by atoms with Gasteiger partial charge in [-0.1, -0.05) is 0 Å². The van der Waals surface area contributed by atoms with Crippen LogP contribution in [-0.4, -0.2) is 56.5 Å². The number of ether oxygens (including phenoxy) is 3. The first-order valence-electron chi connectivity index (χ1n) is 8.78. The van der Waals surface area contributed by atoms with Crippen LogP contribution in [0, 0.1) is 4.77 Å². The maximum Gasteiger partial charge on any atom is 0.216 e. The zero-order valence-electron chi connectivity index (χ0n) is 17.0. The molecule has 0 aliphatic carbocycles. The summed E-state index contributed by atoms with van der Waals surface area (Å²) in [6.45, 7) is 0. The van der Waals surface area contributed by atoms with Gasteiger partial charge in [-0.25, -0.2) is 5.10 Å². The van der Waals surface area contributed by atoms with Gasteiger partial charge in [-0.3, -0.25) is 0 Å². The molecule has 29 heavy (non-hydrogen) atoms. The summed E-state index contributed by atoms with van der Waals surface area (Å²) in [6.07, 6.45) is 1.64. The van der Waals surface area contributed by atoms with Gasteiger partial charge in [0.05, 0.1) is 27.5 Å². The Labute approximate surface area is 174 Å². The number of nitrogens with zero attached hydrogens (tertiary/aromatic N) is 4. The van der Waals surface area contributed by atoms with Crippen molar-refractivity contribution in [2.24, 2.45) is 5.10 Å². The lowest BCUT2D eigenvalue weighted by molar-refractivity contribution is 0.349. The van der Waals surface area contributed by atoms with E-state index < -0.39 is 0 Å². The molecule has 0 saturated carbocycles. The largest absolute Gasteiger partial charge is 0.496 e. The Kier molecular flexibility index (Phi) is 6.18. The third-order valence-electron chi connectivity index (χ3n) is 4.34. The summed E-state index contributed by atoms with van der Waals surface area (Å²) < 4.78 is 18.1. The summed E-state index contributed by atoms with van der Waals surface area (Å²) in [4.78, 5) is 2.03. The van der Waals surface area contributed by atoms with Gasteiger partial charge in [0.15, 0.2) is 17.3 Å². The van der Waals surface area contributed by atoms with Crippen molar-refractivity contribution >= 4 is 24.1 Å². The number of aromatic amines is 1. The third kappa shape index (κ3) is 4.24.